The summed E-state index contributed by atoms with van der Waals surface area (Å²) in [4.78, 5) is 27.5. The number of ether oxygens (including phenoxy) is 1. The van der Waals surface area contributed by atoms with Gasteiger partial charge < -0.3 is 14.9 Å². The summed E-state index contributed by atoms with van der Waals surface area (Å²) < 4.78 is 68.7. The third kappa shape index (κ3) is 10.1. The van der Waals surface area contributed by atoms with Crippen LogP contribution in [0.4, 0.5) is 26.3 Å². The fraction of sp³-hybridized carbons (Fsp3) is 0.737. The Balaban J connectivity index is 0.000000343. The van der Waals surface area contributed by atoms with Crippen molar-refractivity contribution in [1.29, 1.82) is 0 Å². The number of aromatic nitrogens is 1. The summed E-state index contributed by atoms with van der Waals surface area (Å²) in [5.41, 5.74) is 0.470. The minimum Gasteiger partial charge on any atom is -0.475 e. The topological polar surface area (TPSA) is 103 Å². The molecule has 0 atom stereocenters. The van der Waals surface area contributed by atoms with E-state index < -0.39 is 24.3 Å². The number of likely N-dealkylation sites (tertiary alicyclic amines) is 2. The number of aliphatic carboxylic acids is 2. The van der Waals surface area contributed by atoms with Gasteiger partial charge in [0.05, 0.1) is 13.2 Å². The number of carbonyl (C=O) groups is 2. The molecule has 0 unspecified atom stereocenters. The Labute approximate surface area is 196 Å². The van der Waals surface area contributed by atoms with E-state index in [4.69, 9.17) is 24.5 Å². The lowest BCUT2D eigenvalue weighted by atomic mass is 9.85. The molecule has 0 bridgehead atoms. The number of nitrogens with zero attached hydrogens (tertiary/aromatic N) is 3. The molecule has 0 saturated carbocycles. The first-order valence-electron chi connectivity index (χ1n) is 10.2. The average Bonchev–Trinajstić information content (AvgIpc) is 3.38. The van der Waals surface area contributed by atoms with Crippen molar-refractivity contribution in [2.75, 3.05) is 39.9 Å². The molecule has 34 heavy (non-hydrogen) atoms. The second-order valence-corrected chi connectivity index (χ2v) is 8.59. The van der Waals surface area contributed by atoms with Gasteiger partial charge in [-0.2, -0.15) is 26.3 Å². The first-order valence-corrected chi connectivity index (χ1v) is 11.0. The zero-order chi connectivity index (χ0) is 26.0. The lowest BCUT2D eigenvalue weighted by Gasteiger charge is -2.45. The second kappa shape index (κ2) is 13.2. The standard InChI is InChI=1S/C15H25N3OS.2C2HF3O2/c1-19-11-10-18-7-2-3-15(18)4-8-17(9-5-15)13-14-16-6-12-20-14;2*3-2(4,5)1(6)7/h6,12H,2-5,7-11,13H2,1H3;2*(H,6,7). The molecule has 1 spiro atoms. The van der Waals surface area contributed by atoms with Crippen molar-refractivity contribution in [2.24, 2.45) is 0 Å². The number of halogens is 6. The Morgan fingerprint density at radius 3 is 2.00 bits per heavy atom. The average molecular weight is 523 g/mol. The van der Waals surface area contributed by atoms with Gasteiger partial charge in [-0.25, -0.2) is 14.6 Å². The summed E-state index contributed by atoms with van der Waals surface area (Å²) in [7, 11) is 1.80. The van der Waals surface area contributed by atoms with Crippen LogP contribution in [0.2, 0.25) is 0 Å². The normalized spacial score (nSPS) is 18.6. The molecule has 1 aromatic rings. The van der Waals surface area contributed by atoms with Gasteiger partial charge in [-0.15, -0.1) is 11.3 Å². The second-order valence-electron chi connectivity index (χ2n) is 7.62. The summed E-state index contributed by atoms with van der Waals surface area (Å²) in [6.45, 7) is 6.68. The van der Waals surface area contributed by atoms with Crippen molar-refractivity contribution < 1.29 is 50.9 Å². The van der Waals surface area contributed by atoms with Crippen LogP contribution in [0.1, 0.15) is 30.7 Å². The lowest BCUT2D eigenvalue weighted by Crippen LogP contribution is -2.52. The van der Waals surface area contributed by atoms with Crippen LogP contribution >= 0.6 is 11.3 Å². The van der Waals surface area contributed by atoms with Crippen LogP contribution in [0.5, 0.6) is 0 Å². The Morgan fingerprint density at radius 2 is 1.59 bits per heavy atom. The summed E-state index contributed by atoms with van der Waals surface area (Å²) >= 11 is 1.77. The van der Waals surface area contributed by atoms with Crippen LogP contribution in [-0.2, 0) is 20.9 Å². The molecule has 0 aliphatic carbocycles. The Morgan fingerprint density at radius 1 is 1.06 bits per heavy atom. The predicted octanol–water partition coefficient (Wildman–Crippen LogP) is 3.49. The fourth-order valence-corrected chi connectivity index (χ4v) is 4.42. The van der Waals surface area contributed by atoms with Crippen LogP contribution in [-0.4, -0.2) is 94.7 Å². The predicted molar refractivity (Wildman–Crippen MR) is 109 cm³/mol. The molecule has 0 amide bonds. The third-order valence-corrected chi connectivity index (χ3v) is 6.18. The molecule has 0 aromatic carbocycles. The van der Waals surface area contributed by atoms with E-state index in [0.29, 0.717) is 5.54 Å². The monoisotopic (exact) mass is 523 g/mol. The molecule has 196 valence electrons. The maximum Gasteiger partial charge on any atom is 0.490 e. The van der Waals surface area contributed by atoms with Gasteiger partial charge >= 0.3 is 24.3 Å². The van der Waals surface area contributed by atoms with Gasteiger partial charge in [0.1, 0.15) is 5.01 Å². The Hall–Kier alpha value is -1.97. The summed E-state index contributed by atoms with van der Waals surface area (Å²) in [5, 5.41) is 17.6. The van der Waals surface area contributed by atoms with Gasteiger partial charge in [0.25, 0.3) is 0 Å². The quantitative estimate of drug-likeness (QED) is 0.566. The van der Waals surface area contributed by atoms with E-state index in [1.54, 1.807) is 18.4 Å². The highest BCUT2D eigenvalue weighted by atomic mass is 32.1. The summed E-state index contributed by atoms with van der Waals surface area (Å²) in [6.07, 6.45) is -2.91. The molecule has 15 heteroatoms. The van der Waals surface area contributed by atoms with Gasteiger partial charge in [0.15, 0.2) is 0 Å². The highest BCUT2D eigenvalue weighted by Gasteiger charge is 2.42. The zero-order valence-electron chi connectivity index (χ0n) is 18.4. The van der Waals surface area contributed by atoms with Crippen LogP contribution in [0, 0.1) is 0 Å². The van der Waals surface area contributed by atoms with E-state index in [1.165, 1.54) is 50.3 Å². The smallest absolute Gasteiger partial charge is 0.475 e. The highest BCUT2D eigenvalue weighted by molar-refractivity contribution is 7.09. The Bertz CT molecular complexity index is 729. The van der Waals surface area contributed by atoms with Gasteiger partial charge in [-0.3, -0.25) is 9.80 Å². The molecule has 3 heterocycles. The molecular formula is C19H27F6N3O5S. The van der Waals surface area contributed by atoms with Crippen LogP contribution in [0.15, 0.2) is 11.6 Å². The van der Waals surface area contributed by atoms with E-state index in [9.17, 15) is 26.3 Å². The highest BCUT2D eigenvalue weighted by Crippen LogP contribution is 2.38. The number of hydrogen-bond acceptors (Lipinski definition) is 7. The van der Waals surface area contributed by atoms with Crippen molar-refractivity contribution in [3.8, 4) is 0 Å². The maximum atomic E-state index is 10.6. The third-order valence-electron chi connectivity index (χ3n) is 5.42. The summed E-state index contributed by atoms with van der Waals surface area (Å²) in [6, 6.07) is 0. The number of rotatable bonds is 5. The molecule has 2 aliphatic heterocycles. The van der Waals surface area contributed by atoms with Crippen molar-refractivity contribution in [1.82, 2.24) is 14.8 Å². The number of piperidine rings is 1. The first kappa shape index (κ1) is 30.1. The van der Waals surface area contributed by atoms with Gasteiger partial charge in [0, 0.05) is 43.9 Å². The van der Waals surface area contributed by atoms with E-state index in [1.807, 2.05) is 6.20 Å². The molecule has 2 N–H and O–H groups in total. The van der Waals surface area contributed by atoms with Gasteiger partial charge in [-0.05, 0) is 32.2 Å². The van der Waals surface area contributed by atoms with E-state index in [2.05, 4.69) is 20.2 Å². The van der Waals surface area contributed by atoms with E-state index in [-0.39, 0.29) is 0 Å². The fourth-order valence-electron chi connectivity index (χ4n) is 3.76. The van der Waals surface area contributed by atoms with E-state index >= 15 is 0 Å². The van der Waals surface area contributed by atoms with Gasteiger partial charge in [0.2, 0.25) is 0 Å². The molecular weight excluding hydrogens is 496 g/mol. The van der Waals surface area contributed by atoms with Crippen molar-refractivity contribution in [3.05, 3.63) is 16.6 Å². The van der Waals surface area contributed by atoms with Crippen molar-refractivity contribution in [3.63, 3.8) is 0 Å². The number of thiazole rings is 1. The molecule has 0 radical (unpaired) electrons. The lowest BCUT2D eigenvalue weighted by molar-refractivity contribution is -0.193. The zero-order valence-corrected chi connectivity index (χ0v) is 19.2. The van der Waals surface area contributed by atoms with Crippen molar-refractivity contribution in [2.45, 2.75) is 50.1 Å². The van der Waals surface area contributed by atoms with Gasteiger partial charge in [-0.1, -0.05) is 0 Å². The largest absolute Gasteiger partial charge is 0.490 e. The summed E-state index contributed by atoms with van der Waals surface area (Å²) in [5.74, 6) is -5.51. The SMILES string of the molecule is COCCN1CCCC12CCN(Cc1nccs1)CC2.O=C(O)C(F)(F)F.O=C(O)C(F)(F)F. The van der Waals surface area contributed by atoms with Crippen molar-refractivity contribution >= 4 is 23.3 Å². The first-order chi connectivity index (χ1) is 15.7. The number of carboxylic acid groups (broad SMARTS) is 2. The van der Waals surface area contributed by atoms with Crippen LogP contribution in [0.25, 0.3) is 0 Å². The number of hydrogen-bond donors (Lipinski definition) is 2. The minimum atomic E-state index is -5.08. The molecule has 2 fully saturated rings. The number of alkyl halides is 6. The molecule has 2 saturated heterocycles. The van der Waals surface area contributed by atoms with E-state index in [0.717, 1.165) is 19.7 Å². The Kier molecular flexibility index (Phi) is 11.7. The number of carboxylic acids is 2. The molecule has 1 aromatic heterocycles. The minimum absolute atomic E-state index is 0.470. The molecule has 3 rings (SSSR count). The molecule has 2 aliphatic rings. The number of methoxy groups -OCH3 is 1. The maximum absolute atomic E-state index is 10.6. The van der Waals surface area contributed by atoms with Crippen LogP contribution < -0.4 is 0 Å². The van der Waals surface area contributed by atoms with Crippen LogP contribution in [0.3, 0.4) is 0 Å². The molecule has 8 nitrogen and oxygen atoms in total.